The van der Waals surface area contributed by atoms with Gasteiger partial charge < -0.3 is 0 Å². The van der Waals surface area contributed by atoms with Crippen LogP contribution in [-0.2, 0) is 0 Å². The second kappa shape index (κ2) is 7.66. The van der Waals surface area contributed by atoms with Crippen molar-refractivity contribution in [3.63, 3.8) is 0 Å². The van der Waals surface area contributed by atoms with Gasteiger partial charge in [0.2, 0.25) is 0 Å². The Hall–Kier alpha value is 0.423. The van der Waals surface area contributed by atoms with Crippen LogP contribution >= 0.6 is 0 Å². The van der Waals surface area contributed by atoms with Crippen LogP contribution in [0.3, 0.4) is 0 Å². The zero-order chi connectivity index (χ0) is 12.0. The minimum absolute atomic E-state index is 0.513. The van der Waals surface area contributed by atoms with Crippen LogP contribution in [0, 0.1) is 0 Å². The third-order valence-corrected chi connectivity index (χ3v) is 8.00. The molecule has 0 heterocycles. The Morgan fingerprint density at radius 1 is 1.13 bits per heavy atom. The first-order chi connectivity index (χ1) is 6.88. The molecule has 0 aliphatic heterocycles. The van der Waals surface area contributed by atoms with Crippen molar-refractivity contribution >= 4 is 15.9 Å². The molecular formula is C11H29GeN3. The standard InChI is InChI=1S/C11H29GeN3/c1-8-14(7)12-15(10(4)5)11(6)13-9(2)3/h9-11,13H,8,12H2,1-7H3. The average molecular weight is 276 g/mol. The van der Waals surface area contributed by atoms with Crippen LogP contribution in [0.4, 0.5) is 0 Å². The molecule has 15 heavy (non-hydrogen) atoms. The van der Waals surface area contributed by atoms with Gasteiger partial charge in [-0.2, -0.15) is 0 Å². The normalized spacial score (nSPS) is 15.4. The van der Waals surface area contributed by atoms with E-state index in [1.54, 1.807) is 0 Å². The Kier molecular flexibility index (Phi) is 7.87. The van der Waals surface area contributed by atoms with Gasteiger partial charge in [0.15, 0.2) is 0 Å². The second-order valence-electron chi connectivity index (χ2n) is 4.92. The SMILES string of the molecule is CC[N](C)[GeH2][N](C(C)C)C(C)NC(C)C. The van der Waals surface area contributed by atoms with Crippen molar-refractivity contribution in [3.05, 3.63) is 0 Å². The number of hydrogen-bond acceptors (Lipinski definition) is 3. The first-order valence-corrected chi connectivity index (χ1v) is 8.74. The molecule has 0 aliphatic carbocycles. The molecule has 0 spiro atoms. The molecule has 0 amide bonds. The number of hydrogen-bond donors (Lipinski definition) is 1. The molecule has 0 fully saturated rings. The van der Waals surface area contributed by atoms with Gasteiger partial charge in [0.05, 0.1) is 0 Å². The molecule has 0 aromatic heterocycles. The summed E-state index contributed by atoms with van der Waals surface area (Å²) in [4.78, 5) is 0. The fourth-order valence-electron chi connectivity index (χ4n) is 1.69. The molecule has 0 bridgehead atoms. The van der Waals surface area contributed by atoms with Crippen molar-refractivity contribution in [2.45, 2.75) is 59.8 Å². The van der Waals surface area contributed by atoms with E-state index >= 15 is 0 Å². The van der Waals surface area contributed by atoms with Crippen molar-refractivity contribution < 1.29 is 0 Å². The fraction of sp³-hybridized carbons (Fsp3) is 1.00. The summed E-state index contributed by atoms with van der Waals surface area (Å²) >= 11 is -0.742. The zero-order valence-corrected chi connectivity index (χ0v) is 14.5. The van der Waals surface area contributed by atoms with Crippen LogP contribution in [0.5, 0.6) is 0 Å². The van der Waals surface area contributed by atoms with Gasteiger partial charge in [-0.1, -0.05) is 0 Å². The summed E-state index contributed by atoms with van der Waals surface area (Å²) in [5, 5.41) is 3.60. The summed E-state index contributed by atoms with van der Waals surface area (Å²) in [6.07, 6.45) is 0.513. The number of rotatable bonds is 7. The molecule has 0 aromatic rings. The predicted molar refractivity (Wildman–Crippen MR) is 71.6 cm³/mol. The van der Waals surface area contributed by atoms with Crippen LogP contribution in [0.25, 0.3) is 0 Å². The van der Waals surface area contributed by atoms with Gasteiger partial charge in [-0.05, 0) is 0 Å². The summed E-state index contributed by atoms with van der Waals surface area (Å²) < 4.78 is 5.18. The van der Waals surface area contributed by atoms with Crippen LogP contribution in [0.1, 0.15) is 41.5 Å². The van der Waals surface area contributed by atoms with Gasteiger partial charge >= 0.3 is 102 Å². The van der Waals surface area contributed by atoms with Crippen LogP contribution < -0.4 is 5.32 Å². The maximum absolute atomic E-state index is 3.60. The summed E-state index contributed by atoms with van der Waals surface area (Å²) in [6, 6.07) is 1.22. The zero-order valence-electron chi connectivity index (χ0n) is 11.5. The van der Waals surface area contributed by atoms with Gasteiger partial charge in [0.1, 0.15) is 0 Å². The Labute approximate surface area is 103 Å². The van der Waals surface area contributed by atoms with Gasteiger partial charge in [0.25, 0.3) is 0 Å². The molecule has 4 heteroatoms. The van der Waals surface area contributed by atoms with Gasteiger partial charge in [0, 0.05) is 0 Å². The monoisotopic (exact) mass is 277 g/mol. The molecule has 1 atom stereocenters. The van der Waals surface area contributed by atoms with E-state index in [-0.39, 0.29) is 0 Å². The Morgan fingerprint density at radius 3 is 2.00 bits per heavy atom. The van der Waals surface area contributed by atoms with E-state index in [1.807, 2.05) is 0 Å². The maximum atomic E-state index is 3.60. The molecule has 0 aromatic carbocycles. The summed E-state index contributed by atoms with van der Waals surface area (Å²) in [6.45, 7) is 14.7. The van der Waals surface area contributed by atoms with E-state index in [2.05, 4.69) is 61.6 Å². The average Bonchev–Trinajstić information content (AvgIpc) is 2.11. The number of nitrogens with zero attached hydrogens (tertiary/aromatic N) is 2. The van der Waals surface area contributed by atoms with E-state index in [0.717, 1.165) is 0 Å². The predicted octanol–water partition coefficient (Wildman–Crippen LogP) is 0.991. The molecule has 0 aliphatic rings. The van der Waals surface area contributed by atoms with E-state index < -0.39 is 15.9 Å². The molecule has 3 nitrogen and oxygen atoms in total. The quantitative estimate of drug-likeness (QED) is 0.552. The fourth-order valence-corrected chi connectivity index (χ4v) is 4.70. The molecule has 92 valence electrons. The van der Waals surface area contributed by atoms with Gasteiger partial charge in [-0.15, -0.1) is 0 Å². The molecule has 1 N–H and O–H groups in total. The van der Waals surface area contributed by atoms with Crippen molar-refractivity contribution in [2.24, 2.45) is 0 Å². The Morgan fingerprint density at radius 2 is 1.67 bits per heavy atom. The molecule has 0 radical (unpaired) electrons. The molecule has 0 rings (SSSR count). The van der Waals surface area contributed by atoms with E-state index in [4.69, 9.17) is 0 Å². The molecular weight excluding hydrogens is 247 g/mol. The Bertz CT molecular complexity index is 162. The number of nitrogens with one attached hydrogen (secondary N) is 1. The van der Waals surface area contributed by atoms with Crippen molar-refractivity contribution in [2.75, 3.05) is 13.6 Å². The van der Waals surface area contributed by atoms with Crippen LogP contribution in [-0.4, -0.2) is 55.4 Å². The first kappa shape index (κ1) is 15.4. The molecule has 0 saturated heterocycles. The first-order valence-electron chi connectivity index (χ1n) is 6.08. The molecule has 1 unspecified atom stereocenters. The van der Waals surface area contributed by atoms with E-state index in [0.29, 0.717) is 18.2 Å². The van der Waals surface area contributed by atoms with Crippen LogP contribution in [0.2, 0.25) is 0 Å². The molecule has 0 saturated carbocycles. The van der Waals surface area contributed by atoms with Crippen molar-refractivity contribution in [1.82, 2.24) is 13.0 Å². The van der Waals surface area contributed by atoms with Gasteiger partial charge in [-0.25, -0.2) is 0 Å². The topological polar surface area (TPSA) is 18.5 Å². The van der Waals surface area contributed by atoms with E-state index in [1.165, 1.54) is 6.54 Å². The minimum atomic E-state index is -0.742. The second-order valence-corrected chi connectivity index (χ2v) is 9.31. The summed E-state index contributed by atoms with van der Waals surface area (Å²) in [5.41, 5.74) is 0. The Balaban J connectivity index is 4.25. The van der Waals surface area contributed by atoms with Crippen molar-refractivity contribution in [1.29, 1.82) is 0 Å². The third kappa shape index (κ3) is 6.56. The van der Waals surface area contributed by atoms with Gasteiger partial charge in [-0.3, -0.25) is 0 Å². The third-order valence-electron chi connectivity index (χ3n) is 2.68. The summed E-state index contributed by atoms with van der Waals surface area (Å²) in [7, 11) is 2.25. The summed E-state index contributed by atoms with van der Waals surface area (Å²) in [5.74, 6) is 0. The van der Waals surface area contributed by atoms with Crippen molar-refractivity contribution in [3.8, 4) is 0 Å². The van der Waals surface area contributed by atoms with E-state index in [9.17, 15) is 0 Å². The van der Waals surface area contributed by atoms with Crippen LogP contribution in [0.15, 0.2) is 0 Å².